The average Bonchev–Trinajstić information content (AvgIpc) is 3.49. The van der Waals surface area contributed by atoms with E-state index in [0.717, 1.165) is 11.1 Å². The SMILES string of the molecule is CN(C)C(=O)C1(Cc2ccc(-c3cccs3)cc2)CCN(C(=O)CCc2ccncc2)C1. The zero-order valence-corrected chi connectivity index (χ0v) is 19.5. The molecule has 3 aromatic rings. The lowest BCUT2D eigenvalue weighted by Gasteiger charge is -2.31. The molecule has 6 heteroatoms. The quantitative estimate of drug-likeness (QED) is 0.543. The summed E-state index contributed by atoms with van der Waals surface area (Å²) in [4.78, 5) is 35.0. The summed E-state index contributed by atoms with van der Waals surface area (Å²) in [5, 5.41) is 2.08. The molecule has 0 saturated carbocycles. The van der Waals surface area contributed by atoms with E-state index in [4.69, 9.17) is 0 Å². The summed E-state index contributed by atoms with van der Waals surface area (Å²) in [6, 6.07) is 16.5. The average molecular weight is 448 g/mol. The molecule has 0 spiro atoms. The fourth-order valence-electron chi connectivity index (χ4n) is 4.53. The highest BCUT2D eigenvalue weighted by atomic mass is 32.1. The van der Waals surface area contributed by atoms with Crippen LogP contribution in [0, 0.1) is 5.41 Å². The molecule has 1 aliphatic rings. The fourth-order valence-corrected chi connectivity index (χ4v) is 5.27. The smallest absolute Gasteiger partial charge is 0.230 e. The summed E-state index contributed by atoms with van der Waals surface area (Å²) in [6.45, 7) is 1.11. The molecule has 0 N–H and O–H groups in total. The minimum absolute atomic E-state index is 0.101. The van der Waals surface area contributed by atoms with Crippen LogP contribution in [0.4, 0.5) is 0 Å². The van der Waals surface area contributed by atoms with Gasteiger partial charge in [-0.05, 0) is 59.5 Å². The van der Waals surface area contributed by atoms with Crippen molar-refractivity contribution in [2.45, 2.75) is 25.7 Å². The number of likely N-dealkylation sites (tertiary alicyclic amines) is 1. The molecule has 166 valence electrons. The van der Waals surface area contributed by atoms with Crippen molar-refractivity contribution in [3.05, 3.63) is 77.4 Å². The first-order valence-corrected chi connectivity index (χ1v) is 11.9. The van der Waals surface area contributed by atoms with Crippen LogP contribution in [0.2, 0.25) is 0 Å². The Hall–Kier alpha value is -2.99. The van der Waals surface area contributed by atoms with Crippen molar-refractivity contribution in [2.75, 3.05) is 27.2 Å². The van der Waals surface area contributed by atoms with Crippen LogP contribution in [0.1, 0.15) is 24.0 Å². The highest BCUT2D eigenvalue weighted by Crippen LogP contribution is 2.37. The van der Waals surface area contributed by atoms with Gasteiger partial charge in [0.25, 0.3) is 0 Å². The molecule has 1 aliphatic heterocycles. The maximum Gasteiger partial charge on any atom is 0.230 e. The Morgan fingerprint density at radius 1 is 1.06 bits per heavy atom. The Labute approximate surface area is 193 Å². The number of aryl methyl sites for hydroxylation is 1. The molecule has 0 aliphatic carbocycles. The number of pyridine rings is 1. The van der Waals surface area contributed by atoms with Crippen LogP contribution in [0.5, 0.6) is 0 Å². The van der Waals surface area contributed by atoms with Crippen molar-refractivity contribution in [1.29, 1.82) is 0 Å². The molecule has 1 fully saturated rings. The van der Waals surface area contributed by atoms with Crippen LogP contribution in [0.15, 0.2) is 66.3 Å². The van der Waals surface area contributed by atoms with Gasteiger partial charge in [0.05, 0.1) is 5.41 Å². The number of hydrogen-bond acceptors (Lipinski definition) is 4. The van der Waals surface area contributed by atoms with Crippen molar-refractivity contribution in [2.24, 2.45) is 5.41 Å². The summed E-state index contributed by atoms with van der Waals surface area (Å²) in [6.07, 6.45) is 5.98. The summed E-state index contributed by atoms with van der Waals surface area (Å²) in [7, 11) is 3.61. The molecule has 0 radical (unpaired) electrons. The number of amides is 2. The molecular formula is C26H29N3O2S. The van der Waals surface area contributed by atoms with Gasteiger partial charge in [-0.3, -0.25) is 14.6 Å². The van der Waals surface area contributed by atoms with Crippen molar-refractivity contribution in [1.82, 2.24) is 14.8 Å². The van der Waals surface area contributed by atoms with E-state index in [1.165, 1.54) is 10.4 Å². The van der Waals surface area contributed by atoms with E-state index in [1.54, 1.807) is 42.7 Å². The van der Waals surface area contributed by atoms with Crippen molar-refractivity contribution >= 4 is 23.2 Å². The van der Waals surface area contributed by atoms with Gasteiger partial charge in [0, 0.05) is 50.9 Å². The van der Waals surface area contributed by atoms with E-state index >= 15 is 0 Å². The number of nitrogens with zero attached hydrogens (tertiary/aromatic N) is 3. The molecule has 4 rings (SSSR count). The number of thiophene rings is 1. The standard InChI is InChI=1S/C26H29N3O2S/c1-28(2)25(31)26(18-21-5-8-22(9-6-21)23-4-3-17-32-23)13-16-29(19-26)24(30)10-7-20-11-14-27-15-12-20/h3-6,8-9,11-12,14-15,17H,7,10,13,16,18-19H2,1-2H3. The van der Waals surface area contributed by atoms with Gasteiger partial charge in [0.15, 0.2) is 0 Å². The Balaban J connectivity index is 1.46. The number of benzene rings is 1. The van der Waals surface area contributed by atoms with Crippen molar-refractivity contribution < 1.29 is 9.59 Å². The van der Waals surface area contributed by atoms with Gasteiger partial charge in [0.2, 0.25) is 11.8 Å². The molecule has 1 atom stereocenters. The number of aromatic nitrogens is 1. The molecule has 1 unspecified atom stereocenters. The highest BCUT2D eigenvalue weighted by molar-refractivity contribution is 7.13. The Kier molecular flexibility index (Phi) is 6.70. The monoisotopic (exact) mass is 447 g/mol. The zero-order valence-electron chi connectivity index (χ0n) is 18.7. The number of carbonyl (C=O) groups is 2. The second-order valence-electron chi connectivity index (χ2n) is 8.75. The van der Waals surface area contributed by atoms with Crippen LogP contribution in [0.3, 0.4) is 0 Å². The Morgan fingerprint density at radius 3 is 2.47 bits per heavy atom. The van der Waals surface area contributed by atoms with E-state index in [0.29, 0.717) is 38.8 Å². The Morgan fingerprint density at radius 2 is 1.81 bits per heavy atom. The van der Waals surface area contributed by atoms with E-state index < -0.39 is 5.41 Å². The fraction of sp³-hybridized carbons (Fsp3) is 0.346. The molecule has 0 bridgehead atoms. The predicted molar refractivity (Wildman–Crippen MR) is 128 cm³/mol. The molecule has 1 aromatic carbocycles. The first-order chi connectivity index (χ1) is 15.5. The largest absolute Gasteiger partial charge is 0.348 e. The summed E-state index contributed by atoms with van der Waals surface area (Å²) in [5.41, 5.74) is 2.86. The molecule has 2 aromatic heterocycles. The summed E-state index contributed by atoms with van der Waals surface area (Å²) in [5.74, 6) is 0.215. The molecule has 2 amide bonds. The third-order valence-corrected chi connectivity index (χ3v) is 7.16. The Bertz CT molecular complexity index is 1050. The third-order valence-electron chi connectivity index (χ3n) is 6.25. The van der Waals surface area contributed by atoms with Crippen LogP contribution in [-0.4, -0.2) is 53.8 Å². The molecular weight excluding hydrogens is 418 g/mol. The number of carbonyl (C=O) groups excluding carboxylic acids is 2. The third kappa shape index (κ3) is 4.91. The normalized spacial score (nSPS) is 18.0. The van der Waals surface area contributed by atoms with E-state index in [2.05, 4.69) is 46.8 Å². The van der Waals surface area contributed by atoms with Gasteiger partial charge < -0.3 is 9.80 Å². The molecule has 32 heavy (non-hydrogen) atoms. The van der Waals surface area contributed by atoms with Crippen LogP contribution in [-0.2, 0) is 22.4 Å². The first-order valence-electron chi connectivity index (χ1n) is 11.0. The predicted octanol–water partition coefficient (Wildman–Crippen LogP) is 4.29. The van der Waals surface area contributed by atoms with Gasteiger partial charge in [-0.15, -0.1) is 11.3 Å². The van der Waals surface area contributed by atoms with E-state index in [-0.39, 0.29) is 11.8 Å². The number of rotatable bonds is 7. The van der Waals surface area contributed by atoms with Crippen LogP contribution >= 0.6 is 11.3 Å². The van der Waals surface area contributed by atoms with Gasteiger partial charge >= 0.3 is 0 Å². The maximum atomic E-state index is 13.3. The summed E-state index contributed by atoms with van der Waals surface area (Å²) >= 11 is 1.72. The van der Waals surface area contributed by atoms with Gasteiger partial charge in [-0.2, -0.15) is 0 Å². The van der Waals surface area contributed by atoms with Crippen molar-refractivity contribution in [3.8, 4) is 10.4 Å². The second kappa shape index (κ2) is 9.65. The van der Waals surface area contributed by atoms with E-state index in [1.807, 2.05) is 17.0 Å². The molecule has 1 saturated heterocycles. The van der Waals surface area contributed by atoms with Gasteiger partial charge in [-0.1, -0.05) is 30.3 Å². The zero-order chi connectivity index (χ0) is 22.6. The number of hydrogen-bond donors (Lipinski definition) is 0. The van der Waals surface area contributed by atoms with Crippen LogP contribution < -0.4 is 0 Å². The lowest BCUT2D eigenvalue weighted by molar-refractivity contribution is -0.139. The summed E-state index contributed by atoms with van der Waals surface area (Å²) < 4.78 is 0. The molecule has 3 heterocycles. The topological polar surface area (TPSA) is 53.5 Å². The lowest BCUT2D eigenvalue weighted by Crippen LogP contribution is -2.44. The lowest BCUT2D eigenvalue weighted by atomic mass is 9.79. The minimum Gasteiger partial charge on any atom is -0.348 e. The second-order valence-corrected chi connectivity index (χ2v) is 9.70. The highest BCUT2D eigenvalue weighted by Gasteiger charge is 2.46. The minimum atomic E-state index is -0.569. The van der Waals surface area contributed by atoms with Gasteiger partial charge in [-0.25, -0.2) is 0 Å². The molecule has 5 nitrogen and oxygen atoms in total. The van der Waals surface area contributed by atoms with E-state index in [9.17, 15) is 9.59 Å². The van der Waals surface area contributed by atoms with Crippen LogP contribution in [0.25, 0.3) is 10.4 Å². The maximum absolute atomic E-state index is 13.3. The van der Waals surface area contributed by atoms with Crippen molar-refractivity contribution in [3.63, 3.8) is 0 Å². The first kappa shape index (κ1) is 22.2. The van der Waals surface area contributed by atoms with Gasteiger partial charge in [0.1, 0.15) is 0 Å².